The van der Waals surface area contributed by atoms with E-state index in [2.05, 4.69) is 0 Å². The first kappa shape index (κ1) is 46.4. The van der Waals surface area contributed by atoms with Crippen molar-refractivity contribution in [3.63, 3.8) is 0 Å². The average molecular weight is 921 g/mol. The Morgan fingerprint density at radius 2 is 0.534 bits per heavy atom. The van der Waals surface area contributed by atoms with Gasteiger partial charge in [0, 0.05) is 13.1 Å². The van der Waals surface area contributed by atoms with E-state index in [0.717, 1.165) is 0 Å². The topological polar surface area (TPSA) is 143 Å². The van der Waals surface area contributed by atoms with E-state index < -0.39 is 140 Å². The number of hydrogen-bond donors (Lipinski definition) is 0. The van der Waals surface area contributed by atoms with Crippen LogP contribution < -0.4 is 0 Å². The Bertz CT molecular complexity index is 2260. The third-order valence-electron chi connectivity index (χ3n) is 7.84. The maximum Gasteiger partial charge on any atom is 0.416 e. The Morgan fingerprint density at radius 3 is 0.707 bits per heavy atom. The molecule has 0 aromatic heterocycles. The van der Waals surface area contributed by atoms with Crippen molar-refractivity contribution >= 4 is 40.1 Å². The fourth-order valence-electron chi connectivity index (χ4n) is 5.02. The molecule has 10 nitrogen and oxygen atoms in total. The van der Waals surface area contributed by atoms with Gasteiger partial charge >= 0.3 is 24.7 Å². The van der Waals surface area contributed by atoms with E-state index in [1.54, 1.807) is 0 Å². The van der Waals surface area contributed by atoms with Crippen LogP contribution in [0.1, 0.15) is 35.1 Å². The van der Waals surface area contributed by atoms with Crippen LogP contribution in [-0.4, -0.2) is 54.2 Å². The molecular weight excluding hydrogens is 897 g/mol. The number of unbranched alkanes of at least 4 members (excludes halogenated alkanes) is 1. The Labute approximate surface area is 322 Å². The van der Waals surface area contributed by atoms with Gasteiger partial charge in [0.05, 0.1) is 41.8 Å². The number of nitrogens with zero attached hydrogens (tertiary/aromatic N) is 2. The zero-order valence-corrected chi connectivity index (χ0v) is 31.7. The van der Waals surface area contributed by atoms with Gasteiger partial charge in [-0.15, -0.1) is 0 Å². The summed E-state index contributed by atoms with van der Waals surface area (Å²) in [7, 11) is -22.9. The summed E-state index contributed by atoms with van der Waals surface area (Å²) >= 11 is 0. The lowest BCUT2D eigenvalue weighted by atomic mass is 10.2. The van der Waals surface area contributed by atoms with Crippen molar-refractivity contribution in [2.75, 3.05) is 13.1 Å². The number of alkyl halides is 12. The molecule has 0 aliphatic carbocycles. The highest BCUT2D eigenvalue weighted by atomic mass is 32.3. The van der Waals surface area contributed by atoms with Crippen LogP contribution in [-0.2, 0) is 64.8 Å². The van der Waals surface area contributed by atoms with E-state index in [-0.39, 0.29) is 24.3 Å². The maximum absolute atomic E-state index is 13.7. The molecule has 58 heavy (non-hydrogen) atoms. The number of benzene rings is 4. The molecule has 0 amide bonds. The van der Waals surface area contributed by atoms with E-state index in [1.807, 2.05) is 0 Å². The van der Waals surface area contributed by atoms with Gasteiger partial charge in [-0.05, 0) is 85.6 Å². The number of halogens is 12. The van der Waals surface area contributed by atoms with Gasteiger partial charge in [0.1, 0.15) is 0 Å². The second-order valence-corrected chi connectivity index (χ2v) is 19.7. The summed E-state index contributed by atoms with van der Waals surface area (Å²) in [5.74, 6) is 0. The van der Waals surface area contributed by atoms with Gasteiger partial charge in [-0.3, -0.25) is 0 Å². The summed E-state index contributed by atoms with van der Waals surface area (Å²) in [5, 5.41) is 0. The number of rotatable bonds is 13. The summed E-state index contributed by atoms with van der Waals surface area (Å²) < 4.78 is 271. The van der Waals surface area contributed by atoms with E-state index in [9.17, 15) is 86.4 Å². The first-order chi connectivity index (χ1) is 26.3. The highest BCUT2D eigenvalue weighted by Gasteiger charge is 2.42. The zero-order valence-electron chi connectivity index (χ0n) is 28.4. The van der Waals surface area contributed by atoms with Crippen molar-refractivity contribution in [3.05, 3.63) is 119 Å². The van der Waals surface area contributed by atoms with Crippen LogP contribution in [0, 0.1) is 0 Å². The first-order valence-electron chi connectivity index (χ1n) is 15.6. The van der Waals surface area contributed by atoms with E-state index >= 15 is 0 Å². The normalized spacial score (nSPS) is 14.0. The van der Waals surface area contributed by atoms with E-state index in [0.29, 0.717) is 72.8 Å². The minimum Gasteiger partial charge on any atom is -0.206 e. The Hall–Kier alpha value is -4.24. The molecule has 0 N–H and O–H groups in total. The fourth-order valence-corrected chi connectivity index (χ4v) is 12.6. The van der Waals surface area contributed by atoms with Gasteiger partial charge in [-0.25, -0.2) is 33.7 Å². The largest absolute Gasteiger partial charge is 0.416 e. The number of sulfonamides is 4. The van der Waals surface area contributed by atoms with Crippen molar-refractivity contribution < 1.29 is 86.4 Å². The molecule has 4 aromatic carbocycles. The van der Waals surface area contributed by atoms with Gasteiger partial charge in [-0.1, -0.05) is 31.7 Å². The summed E-state index contributed by atoms with van der Waals surface area (Å²) in [5.41, 5.74) is -6.44. The van der Waals surface area contributed by atoms with Crippen molar-refractivity contribution in [1.82, 2.24) is 7.42 Å². The molecule has 318 valence electrons. The first-order valence-corrected chi connectivity index (χ1v) is 21.3. The lowest BCUT2D eigenvalue weighted by Gasteiger charge is -2.25. The summed E-state index contributed by atoms with van der Waals surface area (Å²) in [6, 6.07) is 5.81. The zero-order chi connectivity index (χ0) is 43.9. The molecule has 0 spiro atoms. The Balaban J connectivity index is 1.82. The van der Waals surface area contributed by atoms with Crippen LogP contribution >= 0.6 is 0 Å². The third kappa shape index (κ3) is 10.1. The van der Waals surface area contributed by atoms with E-state index in [1.165, 1.54) is 0 Å². The molecule has 0 fully saturated rings. The smallest absolute Gasteiger partial charge is 0.206 e. The van der Waals surface area contributed by atoms with Crippen molar-refractivity contribution in [2.24, 2.45) is 0 Å². The number of hydrogen-bond acceptors (Lipinski definition) is 8. The molecule has 0 saturated carbocycles. The average Bonchev–Trinajstić information content (AvgIpc) is 3.11. The Morgan fingerprint density at radius 1 is 0.345 bits per heavy atom. The minimum atomic E-state index is -5.72. The monoisotopic (exact) mass is 920 g/mol. The highest BCUT2D eigenvalue weighted by Crippen LogP contribution is 2.37. The molecule has 0 aliphatic heterocycles. The van der Waals surface area contributed by atoms with Crippen LogP contribution in [0.3, 0.4) is 0 Å². The second-order valence-electron chi connectivity index (χ2n) is 11.8. The van der Waals surface area contributed by atoms with Gasteiger partial charge in [0.25, 0.3) is 40.1 Å². The van der Waals surface area contributed by atoms with Gasteiger partial charge in [-0.2, -0.15) is 52.7 Å². The quantitative estimate of drug-likeness (QED) is 0.0971. The third-order valence-corrected chi connectivity index (χ3v) is 16.5. The molecule has 4 aromatic rings. The van der Waals surface area contributed by atoms with Crippen LogP contribution in [0.5, 0.6) is 0 Å². The predicted molar refractivity (Wildman–Crippen MR) is 177 cm³/mol. The molecule has 4 rings (SSSR count). The lowest BCUT2D eigenvalue weighted by Crippen LogP contribution is -2.40. The second kappa shape index (κ2) is 16.1. The molecule has 0 radical (unpaired) electrons. The molecular formula is C32H24F12N2O8S4. The van der Waals surface area contributed by atoms with Crippen LogP contribution in [0.25, 0.3) is 0 Å². The predicted octanol–water partition coefficient (Wildman–Crippen LogP) is 8.00. The van der Waals surface area contributed by atoms with Crippen molar-refractivity contribution in [3.8, 4) is 0 Å². The van der Waals surface area contributed by atoms with Crippen molar-refractivity contribution in [2.45, 2.75) is 57.1 Å². The minimum absolute atomic E-state index is 0.00496. The molecule has 0 aliphatic rings. The van der Waals surface area contributed by atoms with E-state index in [4.69, 9.17) is 0 Å². The van der Waals surface area contributed by atoms with Crippen molar-refractivity contribution in [1.29, 1.82) is 0 Å². The molecule has 0 heterocycles. The summed E-state index contributed by atoms with van der Waals surface area (Å²) in [6.07, 6.45) is -22.8. The van der Waals surface area contributed by atoms with Crippen LogP contribution in [0.4, 0.5) is 52.7 Å². The fraction of sp³-hybridized carbons (Fsp3) is 0.250. The van der Waals surface area contributed by atoms with Gasteiger partial charge in [0.15, 0.2) is 0 Å². The van der Waals surface area contributed by atoms with Gasteiger partial charge in [0.2, 0.25) is 0 Å². The Kier molecular flexibility index (Phi) is 12.9. The lowest BCUT2D eigenvalue weighted by molar-refractivity contribution is -0.138. The molecule has 0 atom stereocenters. The van der Waals surface area contributed by atoms with Crippen LogP contribution in [0.2, 0.25) is 0 Å². The molecule has 0 unspecified atom stereocenters. The van der Waals surface area contributed by atoms with Gasteiger partial charge < -0.3 is 0 Å². The molecule has 26 heteroatoms. The van der Waals surface area contributed by atoms with Crippen LogP contribution in [0.15, 0.2) is 117 Å². The maximum atomic E-state index is 13.7. The standard InChI is InChI=1S/C32H24F12N2O8S4/c33-29(34,35)21-7-3-11-25(17-21)55(47,48)45(56(49,50)26-12-4-8-22(18-26)30(36,37)38)15-1-2-16-46(57(51,52)27-13-5-9-23(19-27)31(39,40)41)58(53,54)28-14-6-10-24(20-28)32(42,43)44/h3-14,17-20H,1-2,15-16H2. The SMILES string of the molecule is O=S(=O)(c1cccc(C(F)(F)F)c1)N(CCCCN(S(=O)(=O)c1cccc(C(F)(F)F)c1)S(=O)(=O)c1cccc(C(F)(F)F)c1)S(=O)(=O)c1cccc(C(F)(F)F)c1. The summed E-state index contributed by atoms with van der Waals surface area (Å²) in [4.78, 5) is -5.39. The summed E-state index contributed by atoms with van der Waals surface area (Å²) in [6.45, 7) is -2.89. The highest BCUT2D eigenvalue weighted by molar-refractivity contribution is 8.04. The molecule has 0 bridgehead atoms. The molecule has 0 saturated heterocycles.